The molecule has 0 aliphatic carbocycles. The summed E-state index contributed by atoms with van der Waals surface area (Å²) < 4.78 is 37.9. The Balaban J connectivity index is 1.36. The molecule has 4 rings (SSSR count). The first-order valence-corrected chi connectivity index (χ1v) is 9.33. The van der Waals surface area contributed by atoms with Gasteiger partial charge in [0.2, 0.25) is 5.91 Å². The number of nitrogens with one attached hydrogen (secondary N) is 1. The highest BCUT2D eigenvalue weighted by Crippen LogP contribution is 2.20. The predicted octanol–water partition coefficient (Wildman–Crippen LogP) is 3.77. The van der Waals surface area contributed by atoms with Crippen molar-refractivity contribution in [2.45, 2.75) is 6.10 Å². The van der Waals surface area contributed by atoms with Gasteiger partial charge in [-0.2, -0.15) is 0 Å². The summed E-state index contributed by atoms with van der Waals surface area (Å²) >= 11 is 0. The van der Waals surface area contributed by atoms with E-state index in [4.69, 9.17) is 9.47 Å². The maximum atomic E-state index is 13.7. The molecule has 0 bridgehead atoms. The lowest BCUT2D eigenvalue weighted by Crippen LogP contribution is -2.47. The van der Waals surface area contributed by atoms with Gasteiger partial charge in [-0.05, 0) is 29.8 Å². The first-order chi connectivity index (χ1) is 14.1. The molecule has 1 unspecified atom stereocenters. The third-order valence-corrected chi connectivity index (χ3v) is 4.80. The minimum absolute atomic E-state index is 0.0241. The molecule has 5 nitrogen and oxygen atoms in total. The second-order valence-corrected chi connectivity index (χ2v) is 6.79. The fraction of sp³-hybridized carbons (Fsp3) is 0.227. The number of amides is 1. The number of H-pyrrole nitrogens is 1. The molecular formula is C22H20F2N2O3. The first-order valence-electron chi connectivity index (χ1n) is 9.33. The van der Waals surface area contributed by atoms with Crippen molar-refractivity contribution in [1.82, 2.24) is 9.88 Å². The summed E-state index contributed by atoms with van der Waals surface area (Å²) in [5, 5.41) is 1.04. The third kappa shape index (κ3) is 4.46. The molecule has 2 heterocycles. The Bertz CT molecular complexity index is 1050. The Kier molecular flexibility index (Phi) is 5.57. The molecule has 1 aromatic heterocycles. The molecule has 1 saturated heterocycles. The molecule has 1 aliphatic heterocycles. The smallest absolute Gasteiger partial charge is 0.246 e. The van der Waals surface area contributed by atoms with Gasteiger partial charge in [-0.25, -0.2) is 8.78 Å². The summed E-state index contributed by atoms with van der Waals surface area (Å²) in [6.07, 6.45) is 4.75. The molecule has 1 amide bonds. The van der Waals surface area contributed by atoms with Crippen molar-refractivity contribution in [1.29, 1.82) is 0 Å². The van der Waals surface area contributed by atoms with Crippen LogP contribution in [0.2, 0.25) is 0 Å². The lowest BCUT2D eigenvalue weighted by molar-refractivity contribution is -0.134. The quantitative estimate of drug-likeness (QED) is 0.666. The van der Waals surface area contributed by atoms with Crippen molar-refractivity contribution in [3.63, 3.8) is 0 Å². The average molecular weight is 398 g/mol. The number of hydrogen-bond donors (Lipinski definition) is 1. The normalized spacial score (nSPS) is 17.2. The molecule has 0 radical (unpaired) electrons. The molecule has 1 aliphatic rings. The van der Waals surface area contributed by atoms with Crippen LogP contribution in [0.4, 0.5) is 8.78 Å². The van der Waals surface area contributed by atoms with Crippen LogP contribution in [-0.4, -0.2) is 48.2 Å². The number of fused-ring (bicyclic) bond motifs is 1. The molecule has 0 saturated carbocycles. The van der Waals surface area contributed by atoms with E-state index in [0.717, 1.165) is 34.7 Å². The van der Waals surface area contributed by atoms with E-state index >= 15 is 0 Å². The number of ether oxygens (including phenoxy) is 2. The van der Waals surface area contributed by atoms with Crippen molar-refractivity contribution in [3.05, 3.63) is 71.9 Å². The van der Waals surface area contributed by atoms with Crippen LogP contribution >= 0.6 is 0 Å². The van der Waals surface area contributed by atoms with Crippen LogP contribution < -0.4 is 4.74 Å². The summed E-state index contributed by atoms with van der Waals surface area (Å²) in [4.78, 5) is 17.4. The Morgan fingerprint density at radius 2 is 2.14 bits per heavy atom. The van der Waals surface area contributed by atoms with Gasteiger partial charge in [-0.15, -0.1) is 0 Å². The number of aromatic nitrogens is 1. The Hall–Kier alpha value is -3.19. The molecule has 7 heteroatoms. The van der Waals surface area contributed by atoms with Gasteiger partial charge in [0.1, 0.15) is 18.5 Å². The number of rotatable bonds is 5. The van der Waals surface area contributed by atoms with E-state index in [0.29, 0.717) is 19.7 Å². The fourth-order valence-corrected chi connectivity index (χ4v) is 3.29. The number of aromatic amines is 1. The Morgan fingerprint density at radius 1 is 1.28 bits per heavy atom. The number of morpholine rings is 1. The Labute approximate surface area is 166 Å². The van der Waals surface area contributed by atoms with Crippen LogP contribution in [0.25, 0.3) is 17.0 Å². The summed E-state index contributed by atoms with van der Waals surface area (Å²) in [6, 6.07) is 10.9. The minimum atomic E-state index is -0.642. The van der Waals surface area contributed by atoms with Gasteiger partial charge in [0.15, 0.2) is 11.6 Å². The van der Waals surface area contributed by atoms with E-state index in [9.17, 15) is 13.6 Å². The van der Waals surface area contributed by atoms with Crippen LogP contribution in [-0.2, 0) is 9.53 Å². The summed E-state index contributed by atoms with van der Waals surface area (Å²) in [6.45, 7) is 1.15. The summed E-state index contributed by atoms with van der Waals surface area (Å²) in [5.41, 5.74) is 1.94. The monoisotopic (exact) mass is 398 g/mol. The van der Waals surface area contributed by atoms with Gasteiger partial charge in [-0.1, -0.05) is 18.2 Å². The molecule has 2 aromatic carbocycles. The molecular weight excluding hydrogens is 378 g/mol. The zero-order chi connectivity index (χ0) is 20.2. The van der Waals surface area contributed by atoms with Gasteiger partial charge in [-0.3, -0.25) is 4.79 Å². The van der Waals surface area contributed by atoms with E-state index in [1.807, 2.05) is 30.5 Å². The molecule has 0 spiro atoms. The number of para-hydroxylation sites is 1. The van der Waals surface area contributed by atoms with Gasteiger partial charge in [0.05, 0.1) is 13.2 Å². The fourth-order valence-electron chi connectivity index (χ4n) is 3.29. The molecule has 150 valence electrons. The number of benzene rings is 2. The van der Waals surface area contributed by atoms with Crippen molar-refractivity contribution in [3.8, 4) is 5.75 Å². The molecule has 1 N–H and O–H groups in total. The topological polar surface area (TPSA) is 54.6 Å². The van der Waals surface area contributed by atoms with Crippen LogP contribution in [0.15, 0.2) is 54.7 Å². The molecule has 3 aromatic rings. The van der Waals surface area contributed by atoms with E-state index in [2.05, 4.69) is 4.98 Å². The van der Waals surface area contributed by atoms with E-state index in [1.54, 1.807) is 11.0 Å². The standard InChI is InChI=1S/C22H20F2N2O3/c23-16-6-7-19(24)21(11-16)29-14-17-13-26(9-10-28-17)22(27)8-5-15-12-25-20-4-2-1-3-18(15)20/h1-8,11-12,17,25H,9-10,13-14H2/b8-5+. The molecule has 1 fully saturated rings. The third-order valence-electron chi connectivity index (χ3n) is 4.80. The van der Waals surface area contributed by atoms with Crippen molar-refractivity contribution in [2.24, 2.45) is 0 Å². The molecule has 1 atom stereocenters. The SMILES string of the molecule is O=C(/C=C/c1c[nH]c2ccccc12)N1CCOC(COc2cc(F)ccc2F)C1. The van der Waals surface area contributed by atoms with E-state index in [1.165, 1.54) is 6.08 Å². The number of hydrogen-bond acceptors (Lipinski definition) is 3. The van der Waals surface area contributed by atoms with Crippen LogP contribution in [0.3, 0.4) is 0 Å². The van der Waals surface area contributed by atoms with Crippen molar-refractivity contribution in [2.75, 3.05) is 26.3 Å². The van der Waals surface area contributed by atoms with Gasteiger partial charge in [0, 0.05) is 35.8 Å². The van der Waals surface area contributed by atoms with Gasteiger partial charge >= 0.3 is 0 Å². The lowest BCUT2D eigenvalue weighted by Gasteiger charge is -2.32. The highest BCUT2D eigenvalue weighted by molar-refractivity contribution is 5.96. The van der Waals surface area contributed by atoms with Crippen molar-refractivity contribution < 1.29 is 23.0 Å². The minimum Gasteiger partial charge on any atom is -0.488 e. The van der Waals surface area contributed by atoms with Gasteiger partial charge < -0.3 is 19.4 Å². The Morgan fingerprint density at radius 3 is 3.03 bits per heavy atom. The summed E-state index contributed by atoms with van der Waals surface area (Å²) in [5.74, 6) is -1.53. The van der Waals surface area contributed by atoms with Crippen LogP contribution in [0, 0.1) is 11.6 Å². The predicted molar refractivity (Wildman–Crippen MR) is 106 cm³/mol. The summed E-state index contributed by atoms with van der Waals surface area (Å²) in [7, 11) is 0. The second-order valence-electron chi connectivity index (χ2n) is 6.79. The van der Waals surface area contributed by atoms with E-state index < -0.39 is 17.7 Å². The van der Waals surface area contributed by atoms with Crippen LogP contribution in [0.5, 0.6) is 5.75 Å². The zero-order valence-corrected chi connectivity index (χ0v) is 15.6. The zero-order valence-electron chi connectivity index (χ0n) is 15.6. The number of carbonyl (C=O) groups excluding carboxylic acids is 1. The number of carbonyl (C=O) groups is 1. The largest absolute Gasteiger partial charge is 0.488 e. The van der Waals surface area contributed by atoms with E-state index in [-0.39, 0.29) is 18.3 Å². The first kappa shape index (κ1) is 19.1. The van der Waals surface area contributed by atoms with Crippen molar-refractivity contribution >= 4 is 22.9 Å². The number of nitrogens with zero attached hydrogens (tertiary/aromatic N) is 1. The number of halogens is 2. The maximum Gasteiger partial charge on any atom is 0.246 e. The highest BCUT2D eigenvalue weighted by atomic mass is 19.1. The van der Waals surface area contributed by atoms with Gasteiger partial charge in [0.25, 0.3) is 0 Å². The van der Waals surface area contributed by atoms with Crippen LogP contribution in [0.1, 0.15) is 5.56 Å². The molecule has 29 heavy (non-hydrogen) atoms. The highest BCUT2D eigenvalue weighted by Gasteiger charge is 2.24. The maximum absolute atomic E-state index is 13.7. The average Bonchev–Trinajstić information content (AvgIpc) is 3.16. The second kappa shape index (κ2) is 8.45. The lowest BCUT2D eigenvalue weighted by atomic mass is 10.1.